The first-order chi connectivity index (χ1) is 9.12. The zero-order valence-electron chi connectivity index (χ0n) is 10.9. The minimum atomic E-state index is -0.705. The molecule has 0 spiro atoms. The van der Waals surface area contributed by atoms with Crippen LogP contribution in [-0.4, -0.2) is 37.0 Å². The average molecular weight is 287 g/mol. The molecule has 1 aromatic heterocycles. The summed E-state index contributed by atoms with van der Waals surface area (Å²) in [5.74, 6) is -0.476. The third-order valence-corrected chi connectivity index (χ3v) is 3.36. The van der Waals surface area contributed by atoms with Gasteiger partial charge in [0.1, 0.15) is 11.6 Å². The number of anilines is 1. The van der Waals surface area contributed by atoms with Crippen LogP contribution in [0.1, 0.15) is 29.1 Å². The van der Waals surface area contributed by atoms with Gasteiger partial charge in [0.15, 0.2) is 0 Å². The first-order valence-electron chi connectivity index (χ1n) is 5.96. The standard InChI is InChI=1S/C12H17NO5S/c1-3-8-7-9(11(15)17-4-2)10(19-8)13-12(16)18-6-5-14/h7,14H,3-6H2,1-2H3,(H,13,16). The van der Waals surface area contributed by atoms with Crippen LogP contribution in [0.2, 0.25) is 0 Å². The molecule has 1 heterocycles. The first kappa shape index (κ1) is 15.5. The van der Waals surface area contributed by atoms with Crippen LogP contribution in [0.25, 0.3) is 0 Å². The van der Waals surface area contributed by atoms with Gasteiger partial charge in [-0.2, -0.15) is 0 Å². The van der Waals surface area contributed by atoms with E-state index in [0.717, 1.165) is 11.3 Å². The number of aliphatic hydroxyl groups is 1. The Morgan fingerprint density at radius 2 is 2.11 bits per heavy atom. The number of ether oxygens (including phenoxy) is 2. The van der Waals surface area contributed by atoms with E-state index < -0.39 is 12.1 Å². The van der Waals surface area contributed by atoms with Gasteiger partial charge >= 0.3 is 12.1 Å². The quantitative estimate of drug-likeness (QED) is 0.782. The normalized spacial score (nSPS) is 10.1. The fourth-order valence-corrected chi connectivity index (χ4v) is 2.31. The fourth-order valence-electron chi connectivity index (χ4n) is 1.34. The number of esters is 1. The van der Waals surface area contributed by atoms with Crippen molar-refractivity contribution in [2.75, 3.05) is 25.1 Å². The van der Waals surface area contributed by atoms with Crippen LogP contribution >= 0.6 is 11.3 Å². The highest BCUT2D eigenvalue weighted by molar-refractivity contribution is 7.16. The molecule has 0 radical (unpaired) electrons. The monoisotopic (exact) mass is 287 g/mol. The van der Waals surface area contributed by atoms with E-state index in [1.165, 1.54) is 11.3 Å². The van der Waals surface area contributed by atoms with Crippen molar-refractivity contribution in [2.24, 2.45) is 0 Å². The SMILES string of the molecule is CCOC(=O)c1cc(CC)sc1NC(=O)OCCO. The predicted octanol–water partition coefficient (Wildman–Crippen LogP) is 2.03. The molecule has 1 rings (SSSR count). The number of rotatable bonds is 6. The molecule has 1 aromatic rings. The van der Waals surface area contributed by atoms with Crippen LogP contribution in [0.3, 0.4) is 0 Å². The van der Waals surface area contributed by atoms with Crippen LogP contribution in [0.15, 0.2) is 6.07 Å². The molecule has 0 unspecified atom stereocenters. The Balaban J connectivity index is 2.82. The molecule has 2 N–H and O–H groups in total. The molecule has 7 heteroatoms. The smallest absolute Gasteiger partial charge is 0.412 e. The van der Waals surface area contributed by atoms with Crippen molar-refractivity contribution < 1.29 is 24.2 Å². The summed E-state index contributed by atoms with van der Waals surface area (Å²) >= 11 is 1.30. The molecule has 0 bridgehead atoms. The zero-order chi connectivity index (χ0) is 14.3. The lowest BCUT2D eigenvalue weighted by atomic mass is 10.2. The second-order valence-corrected chi connectivity index (χ2v) is 4.65. The van der Waals surface area contributed by atoms with Gasteiger partial charge in [0.2, 0.25) is 0 Å². The van der Waals surface area contributed by atoms with E-state index in [1.807, 2.05) is 6.92 Å². The van der Waals surface area contributed by atoms with Gasteiger partial charge in [-0.05, 0) is 19.4 Å². The van der Waals surface area contributed by atoms with E-state index in [9.17, 15) is 9.59 Å². The summed E-state index contributed by atoms with van der Waals surface area (Å²) in [6, 6.07) is 1.70. The maximum Gasteiger partial charge on any atom is 0.412 e. The molecular weight excluding hydrogens is 270 g/mol. The van der Waals surface area contributed by atoms with Crippen molar-refractivity contribution in [2.45, 2.75) is 20.3 Å². The van der Waals surface area contributed by atoms with E-state index in [2.05, 4.69) is 10.1 Å². The van der Waals surface area contributed by atoms with Crippen molar-refractivity contribution in [3.8, 4) is 0 Å². The van der Waals surface area contributed by atoms with Gasteiger partial charge in [0.05, 0.1) is 18.8 Å². The lowest BCUT2D eigenvalue weighted by Gasteiger charge is -2.06. The highest BCUT2D eigenvalue weighted by Crippen LogP contribution is 2.29. The fraction of sp³-hybridized carbons (Fsp3) is 0.500. The molecule has 0 atom stereocenters. The second kappa shape index (κ2) is 7.75. The molecule has 0 aliphatic heterocycles. The maximum absolute atomic E-state index is 11.7. The predicted molar refractivity (Wildman–Crippen MR) is 71.7 cm³/mol. The Morgan fingerprint density at radius 3 is 2.68 bits per heavy atom. The van der Waals surface area contributed by atoms with Crippen LogP contribution in [0.5, 0.6) is 0 Å². The Bertz CT molecular complexity index is 443. The summed E-state index contributed by atoms with van der Waals surface area (Å²) in [5.41, 5.74) is 0.324. The largest absolute Gasteiger partial charge is 0.462 e. The van der Waals surface area contributed by atoms with E-state index in [-0.39, 0.29) is 19.8 Å². The minimum absolute atomic E-state index is 0.0907. The summed E-state index contributed by atoms with van der Waals surface area (Å²) in [5, 5.41) is 11.4. The number of nitrogens with one attached hydrogen (secondary N) is 1. The molecule has 0 aliphatic carbocycles. The molecule has 0 aliphatic rings. The highest BCUT2D eigenvalue weighted by Gasteiger charge is 2.18. The van der Waals surface area contributed by atoms with Crippen LogP contribution in [-0.2, 0) is 15.9 Å². The van der Waals surface area contributed by atoms with Crippen LogP contribution in [0, 0.1) is 0 Å². The Hall–Kier alpha value is -1.60. The van der Waals surface area contributed by atoms with Gasteiger partial charge in [-0.3, -0.25) is 5.32 Å². The number of aryl methyl sites for hydroxylation is 1. The summed E-state index contributed by atoms with van der Waals surface area (Å²) < 4.78 is 9.61. The topological polar surface area (TPSA) is 84.9 Å². The van der Waals surface area contributed by atoms with Crippen molar-refractivity contribution in [1.82, 2.24) is 0 Å². The van der Waals surface area contributed by atoms with Crippen molar-refractivity contribution in [3.63, 3.8) is 0 Å². The van der Waals surface area contributed by atoms with E-state index in [4.69, 9.17) is 9.84 Å². The van der Waals surface area contributed by atoms with E-state index in [1.54, 1.807) is 13.0 Å². The summed E-state index contributed by atoms with van der Waals surface area (Å²) in [7, 11) is 0. The molecule has 0 saturated carbocycles. The van der Waals surface area contributed by atoms with Crippen LogP contribution in [0.4, 0.5) is 9.80 Å². The average Bonchev–Trinajstić information content (AvgIpc) is 2.79. The molecule has 6 nitrogen and oxygen atoms in total. The van der Waals surface area contributed by atoms with Gasteiger partial charge in [-0.15, -0.1) is 11.3 Å². The molecule has 1 amide bonds. The first-order valence-corrected chi connectivity index (χ1v) is 6.78. The third-order valence-electron chi connectivity index (χ3n) is 2.17. The van der Waals surface area contributed by atoms with Gasteiger partial charge in [0, 0.05) is 4.88 Å². The number of carbonyl (C=O) groups excluding carboxylic acids is 2. The number of amides is 1. The molecule has 0 aromatic carbocycles. The Kier molecular flexibility index (Phi) is 6.31. The van der Waals surface area contributed by atoms with Gasteiger partial charge in [0.25, 0.3) is 0 Å². The molecule has 106 valence electrons. The number of hydrogen-bond donors (Lipinski definition) is 2. The maximum atomic E-state index is 11.7. The van der Waals surface area contributed by atoms with Crippen molar-refractivity contribution >= 4 is 28.4 Å². The van der Waals surface area contributed by atoms with Crippen molar-refractivity contribution in [1.29, 1.82) is 0 Å². The zero-order valence-corrected chi connectivity index (χ0v) is 11.7. The van der Waals surface area contributed by atoms with Gasteiger partial charge in [-0.25, -0.2) is 9.59 Å². The second-order valence-electron chi connectivity index (χ2n) is 3.51. The van der Waals surface area contributed by atoms with Crippen LogP contribution < -0.4 is 5.32 Å². The molecular formula is C12H17NO5S. The number of hydrogen-bond acceptors (Lipinski definition) is 6. The van der Waals surface area contributed by atoms with E-state index in [0.29, 0.717) is 10.6 Å². The number of thiophene rings is 1. The lowest BCUT2D eigenvalue weighted by Crippen LogP contribution is -2.17. The molecule has 0 fully saturated rings. The number of carbonyl (C=O) groups is 2. The van der Waals surface area contributed by atoms with Gasteiger partial charge in [-0.1, -0.05) is 6.92 Å². The number of aliphatic hydroxyl groups excluding tert-OH is 1. The summed E-state index contributed by atoms with van der Waals surface area (Å²) in [4.78, 5) is 24.1. The summed E-state index contributed by atoms with van der Waals surface area (Å²) in [6.45, 7) is 3.60. The van der Waals surface area contributed by atoms with E-state index >= 15 is 0 Å². The Morgan fingerprint density at radius 1 is 1.37 bits per heavy atom. The highest BCUT2D eigenvalue weighted by atomic mass is 32.1. The third kappa shape index (κ3) is 4.53. The molecule has 19 heavy (non-hydrogen) atoms. The minimum Gasteiger partial charge on any atom is -0.462 e. The van der Waals surface area contributed by atoms with Crippen molar-refractivity contribution in [3.05, 3.63) is 16.5 Å². The summed E-state index contributed by atoms with van der Waals surface area (Å²) in [6.07, 6.45) is 0.0499. The van der Waals surface area contributed by atoms with Gasteiger partial charge < -0.3 is 14.6 Å². The molecule has 0 saturated heterocycles. The lowest BCUT2D eigenvalue weighted by molar-refractivity contribution is 0.0528. The Labute approximate surface area is 115 Å².